The Hall–Kier alpha value is -1.67. The standard InChI is InChI=1S/C26H37N3O2/c1-16-10-23-19-4-3-9-26(2,31)11-18(19)5-6-20(23)21-7-8-22(25(16)21)24(30)15-29-14-17(12-27)13-28-29/h13-14,16,18-23,25,31H,3-11,15H2,1-2H3/t16-,18+,19-,20-,21-,22+,23+,25-,26-/m0/s1. The summed E-state index contributed by atoms with van der Waals surface area (Å²) in [6, 6.07) is 2.10. The molecule has 1 N–H and O–H groups in total. The third-order valence-corrected chi connectivity index (χ3v) is 9.65. The summed E-state index contributed by atoms with van der Waals surface area (Å²) >= 11 is 0. The highest BCUT2D eigenvalue weighted by Crippen LogP contribution is 2.60. The molecule has 5 heteroatoms. The van der Waals surface area contributed by atoms with Crippen molar-refractivity contribution in [1.29, 1.82) is 5.26 Å². The molecule has 9 atom stereocenters. The van der Waals surface area contributed by atoms with E-state index in [-0.39, 0.29) is 5.92 Å². The molecule has 4 fully saturated rings. The molecule has 4 saturated carbocycles. The fourth-order valence-corrected chi connectivity index (χ4v) is 8.59. The van der Waals surface area contributed by atoms with Crippen molar-refractivity contribution < 1.29 is 9.90 Å². The number of ketones is 1. The van der Waals surface area contributed by atoms with Gasteiger partial charge in [-0.05, 0) is 99.7 Å². The number of aliphatic hydroxyl groups is 1. The molecule has 1 heterocycles. The highest BCUT2D eigenvalue weighted by molar-refractivity contribution is 5.81. The fourth-order valence-electron chi connectivity index (χ4n) is 8.59. The summed E-state index contributed by atoms with van der Waals surface area (Å²) in [6.07, 6.45) is 13.7. The number of rotatable bonds is 3. The highest BCUT2D eigenvalue weighted by Gasteiger charge is 2.55. The minimum atomic E-state index is -0.474. The first-order valence-corrected chi connectivity index (χ1v) is 12.5. The molecule has 5 nitrogen and oxygen atoms in total. The van der Waals surface area contributed by atoms with Crippen molar-refractivity contribution in [1.82, 2.24) is 9.78 Å². The molecule has 31 heavy (non-hydrogen) atoms. The number of hydrogen-bond acceptors (Lipinski definition) is 4. The van der Waals surface area contributed by atoms with Gasteiger partial charge in [0.15, 0.2) is 5.78 Å². The Morgan fingerprint density at radius 3 is 2.81 bits per heavy atom. The van der Waals surface area contributed by atoms with Crippen molar-refractivity contribution in [3.8, 4) is 6.07 Å². The predicted molar refractivity (Wildman–Crippen MR) is 118 cm³/mol. The van der Waals surface area contributed by atoms with E-state index >= 15 is 0 Å². The molecule has 0 radical (unpaired) electrons. The van der Waals surface area contributed by atoms with Crippen LogP contribution in [0.5, 0.6) is 0 Å². The van der Waals surface area contributed by atoms with Crippen LogP contribution in [0.3, 0.4) is 0 Å². The second-order valence-electron chi connectivity index (χ2n) is 11.6. The summed E-state index contributed by atoms with van der Waals surface area (Å²) in [4.78, 5) is 13.2. The first-order valence-electron chi connectivity index (χ1n) is 12.5. The Morgan fingerprint density at radius 1 is 1.23 bits per heavy atom. The van der Waals surface area contributed by atoms with E-state index in [0.29, 0.717) is 41.6 Å². The summed E-state index contributed by atoms with van der Waals surface area (Å²) in [5.41, 5.74) is 0.0443. The SMILES string of the molecule is C[C@H]1C[C@H]2[C@@H](CC[C@@H]3C[C@@](C)(O)CCC[C@@H]32)[C@@H]2CC[C@H](C(=O)Cn3cc(C#N)cn3)[C@H]21. The van der Waals surface area contributed by atoms with Gasteiger partial charge in [-0.25, -0.2) is 0 Å². The number of aromatic nitrogens is 2. The van der Waals surface area contributed by atoms with Crippen LogP contribution in [0, 0.1) is 58.7 Å². The fraction of sp³-hybridized carbons (Fsp3) is 0.808. The lowest BCUT2D eigenvalue weighted by Crippen LogP contribution is -2.47. The Morgan fingerprint density at radius 2 is 2.03 bits per heavy atom. The largest absolute Gasteiger partial charge is 0.390 e. The monoisotopic (exact) mass is 423 g/mol. The van der Waals surface area contributed by atoms with Gasteiger partial charge >= 0.3 is 0 Å². The van der Waals surface area contributed by atoms with Gasteiger partial charge in [0.25, 0.3) is 0 Å². The quantitative estimate of drug-likeness (QED) is 0.771. The third-order valence-electron chi connectivity index (χ3n) is 9.65. The van der Waals surface area contributed by atoms with Crippen molar-refractivity contribution in [2.45, 2.75) is 83.8 Å². The first-order chi connectivity index (χ1) is 14.9. The van der Waals surface area contributed by atoms with Crippen LogP contribution in [-0.4, -0.2) is 26.3 Å². The predicted octanol–water partition coefficient (Wildman–Crippen LogP) is 4.59. The van der Waals surface area contributed by atoms with Gasteiger partial charge in [0.1, 0.15) is 6.07 Å². The first kappa shape index (κ1) is 21.2. The maximum absolute atomic E-state index is 13.2. The molecule has 0 amide bonds. The van der Waals surface area contributed by atoms with Crippen molar-refractivity contribution in [2.75, 3.05) is 0 Å². The summed E-state index contributed by atoms with van der Waals surface area (Å²) < 4.78 is 1.65. The minimum absolute atomic E-state index is 0.156. The Balaban J connectivity index is 1.31. The molecular weight excluding hydrogens is 386 g/mol. The van der Waals surface area contributed by atoms with E-state index in [2.05, 4.69) is 18.1 Å². The summed E-state index contributed by atoms with van der Waals surface area (Å²) in [5, 5.41) is 24.0. The number of nitriles is 1. The lowest BCUT2D eigenvalue weighted by atomic mass is 9.52. The topological polar surface area (TPSA) is 78.9 Å². The van der Waals surface area contributed by atoms with Crippen molar-refractivity contribution >= 4 is 5.78 Å². The van der Waals surface area contributed by atoms with Gasteiger partial charge in [0.2, 0.25) is 0 Å². The van der Waals surface area contributed by atoms with Crippen LogP contribution in [0.15, 0.2) is 12.4 Å². The summed E-state index contributed by atoms with van der Waals surface area (Å²) in [7, 11) is 0. The van der Waals surface area contributed by atoms with Crippen molar-refractivity contribution in [3.63, 3.8) is 0 Å². The van der Waals surface area contributed by atoms with Gasteiger partial charge in [0, 0.05) is 12.1 Å². The zero-order chi connectivity index (χ0) is 21.8. The van der Waals surface area contributed by atoms with Crippen LogP contribution in [-0.2, 0) is 11.3 Å². The molecule has 4 aliphatic rings. The average Bonchev–Trinajstić information content (AvgIpc) is 3.33. The number of Topliss-reactive ketones (excluding diaryl/α,β-unsaturated/α-hetero) is 1. The number of hydrogen-bond donors (Lipinski definition) is 1. The average molecular weight is 424 g/mol. The van der Waals surface area contributed by atoms with E-state index in [1.54, 1.807) is 17.1 Å². The molecule has 0 aromatic carbocycles. The molecule has 0 aliphatic heterocycles. The zero-order valence-electron chi connectivity index (χ0n) is 19.0. The molecule has 168 valence electrons. The van der Waals surface area contributed by atoms with E-state index in [4.69, 9.17) is 5.26 Å². The summed E-state index contributed by atoms with van der Waals surface area (Å²) in [6.45, 7) is 4.75. The van der Waals surface area contributed by atoms with E-state index in [0.717, 1.165) is 43.4 Å². The van der Waals surface area contributed by atoms with Crippen LogP contribution in [0.1, 0.15) is 77.2 Å². The molecule has 5 rings (SSSR count). The molecule has 1 aromatic heterocycles. The second-order valence-corrected chi connectivity index (χ2v) is 11.6. The molecule has 0 unspecified atom stereocenters. The van der Waals surface area contributed by atoms with Crippen LogP contribution in [0.2, 0.25) is 0 Å². The van der Waals surface area contributed by atoms with Gasteiger partial charge in [-0.2, -0.15) is 10.4 Å². The second kappa shape index (κ2) is 8.03. The maximum Gasteiger partial charge on any atom is 0.157 e. The van der Waals surface area contributed by atoms with E-state index < -0.39 is 5.60 Å². The number of carbonyl (C=O) groups is 1. The normalized spacial score (nSPS) is 44.5. The summed E-state index contributed by atoms with van der Waals surface area (Å²) in [5.74, 6) is 5.31. The lowest BCUT2D eigenvalue weighted by molar-refractivity contribution is -0.127. The van der Waals surface area contributed by atoms with Crippen molar-refractivity contribution in [3.05, 3.63) is 18.0 Å². The number of carbonyl (C=O) groups excluding carboxylic acids is 1. The Bertz CT molecular complexity index is 868. The van der Waals surface area contributed by atoms with Gasteiger partial charge in [-0.3, -0.25) is 9.48 Å². The maximum atomic E-state index is 13.2. The third kappa shape index (κ3) is 3.86. The van der Waals surface area contributed by atoms with Crippen LogP contribution < -0.4 is 0 Å². The minimum Gasteiger partial charge on any atom is -0.390 e. The Kier molecular flexibility index (Phi) is 5.49. The zero-order valence-corrected chi connectivity index (χ0v) is 19.0. The van der Waals surface area contributed by atoms with Crippen molar-refractivity contribution in [2.24, 2.45) is 47.3 Å². The molecular formula is C26H37N3O2. The molecule has 1 aromatic rings. The number of fused-ring (bicyclic) bond motifs is 5. The van der Waals surface area contributed by atoms with E-state index in [1.165, 1.54) is 32.1 Å². The van der Waals surface area contributed by atoms with Crippen LogP contribution in [0.4, 0.5) is 0 Å². The van der Waals surface area contributed by atoms with Gasteiger partial charge in [0.05, 0.1) is 23.9 Å². The van der Waals surface area contributed by atoms with E-state index in [1.807, 2.05) is 6.92 Å². The smallest absolute Gasteiger partial charge is 0.157 e. The molecule has 0 spiro atoms. The van der Waals surface area contributed by atoms with Crippen LogP contribution >= 0.6 is 0 Å². The van der Waals surface area contributed by atoms with E-state index in [9.17, 15) is 9.90 Å². The van der Waals surface area contributed by atoms with Gasteiger partial charge in [-0.15, -0.1) is 0 Å². The van der Waals surface area contributed by atoms with Gasteiger partial charge < -0.3 is 5.11 Å². The van der Waals surface area contributed by atoms with Crippen LogP contribution in [0.25, 0.3) is 0 Å². The Labute approximate surface area is 186 Å². The van der Waals surface area contributed by atoms with Gasteiger partial charge in [-0.1, -0.05) is 13.3 Å². The molecule has 4 aliphatic carbocycles. The number of nitrogens with zero attached hydrogens (tertiary/aromatic N) is 3. The lowest BCUT2D eigenvalue weighted by Gasteiger charge is -2.53. The molecule has 0 bridgehead atoms. The molecule has 0 saturated heterocycles. The highest BCUT2D eigenvalue weighted by atomic mass is 16.3.